The lowest BCUT2D eigenvalue weighted by atomic mass is 10.1. The van der Waals surface area contributed by atoms with Crippen LogP contribution in [0.4, 0.5) is 0 Å². The number of hydrogen-bond donors (Lipinski definition) is 2. The minimum absolute atomic E-state index is 0.0138. The average Bonchev–Trinajstić information content (AvgIpc) is 2.80. The molecular formula is C20H25N5O5S. The van der Waals surface area contributed by atoms with E-state index < -0.39 is 11.8 Å². The standard InChI is InChI=1S/C20H25N5O5S/c1-2-7-25-20(29)15-6-4-3-5-14(15)18(23-25)19(28)22-21-16(26)12-31-13-17(27)24-8-10-30-11-9-24/h3-6H,2,7-13H2,1H3,(H,21,26)(H,22,28). The zero-order chi connectivity index (χ0) is 22.2. The lowest BCUT2D eigenvalue weighted by molar-refractivity contribution is -0.132. The third kappa shape index (κ3) is 5.82. The van der Waals surface area contributed by atoms with E-state index in [1.807, 2.05) is 6.92 Å². The second-order valence-corrected chi connectivity index (χ2v) is 7.90. The first-order valence-electron chi connectivity index (χ1n) is 10.0. The molecule has 0 saturated carbocycles. The lowest BCUT2D eigenvalue weighted by Gasteiger charge is -2.26. The van der Waals surface area contributed by atoms with Crippen molar-refractivity contribution in [3.63, 3.8) is 0 Å². The smallest absolute Gasteiger partial charge is 0.290 e. The minimum atomic E-state index is -0.621. The molecule has 0 spiro atoms. The van der Waals surface area contributed by atoms with Crippen LogP contribution in [0.3, 0.4) is 0 Å². The molecule has 0 unspecified atom stereocenters. The van der Waals surface area contributed by atoms with Crippen LogP contribution in [-0.2, 0) is 20.9 Å². The van der Waals surface area contributed by atoms with Gasteiger partial charge >= 0.3 is 0 Å². The first kappa shape index (κ1) is 22.8. The van der Waals surface area contributed by atoms with Crippen molar-refractivity contribution in [2.24, 2.45) is 0 Å². The Morgan fingerprint density at radius 3 is 2.52 bits per heavy atom. The molecule has 166 valence electrons. The summed E-state index contributed by atoms with van der Waals surface area (Å²) >= 11 is 1.17. The summed E-state index contributed by atoms with van der Waals surface area (Å²) in [6.07, 6.45) is 0.684. The maximum Gasteiger partial charge on any atom is 0.290 e. The van der Waals surface area contributed by atoms with E-state index in [-0.39, 0.29) is 28.7 Å². The quantitative estimate of drug-likeness (QED) is 0.580. The van der Waals surface area contributed by atoms with Crippen molar-refractivity contribution in [2.75, 3.05) is 37.8 Å². The van der Waals surface area contributed by atoms with Crippen LogP contribution in [0.25, 0.3) is 10.8 Å². The Balaban J connectivity index is 1.56. The molecule has 0 bridgehead atoms. The van der Waals surface area contributed by atoms with Crippen LogP contribution in [0.5, 0.6) is 0 Å². The Labute approximate surface area is 183 Å². The van der Waals surface area contributed by atoms with Crippen LogP contribution in [0.2, 0.25) is 0 Å². The minimum Gasteiger partial charge on any atom is -0.378 e. The number of aromatic nitrogens is 2. The third-order valence-corrected chi connectivity index (χ3v) is 5.57. The molecule has 0 aliphatic carbocycles. The summed E-state index contributed by atoms with van der Waals surface area (Å²) in [7, 11) is 0. The van der Waals surface area contributed by atoms with Gasteiger partial charge < -0.3 is 9.64 Å². The van der Waals surface area contributed by atoms with Crippen LogP contribution in [0, 0.1) is 0 Å². The highest BCUT2D eigenvalue weighted by molar-refractivity contribution is 8.00. The summed E-state index contributed by atoms with van der Waals surface area (Å²) in [4.78, 5) is 51.0. The number of nitrogens with zero attached hydrogens (tertiary/aromatic N) is 3. The van der Waals surface area contributed by atoms with Gasteiger partial charge in [0, 0.05) is 25.0 Å². The summed E-state index contributed by atoms with van der Waals surface area (Å²) in [5.41, 5.74) is 4.46. The molecular weight excluding hydrogens is 422 g/mol. The fraction of sp³-hybridized carbons (Fsp3) is 0.450. The number of hydrogen-bond acceptors (Lipinski definition) is 7. The van der Waals surface area contributed by atoms with Crippen molar-refractivity contribution in [2.45, 2.75) is 19.9 Å². The number of carbonyl (C=O) groups excluding carboxylic acids is 3. The fourth-order valence-electron chi connectivity index (χ4n) is 3.12. The van der Waals surface area contributed by atoms with Gasteiger partial charge in [0.2, 0.25) is 11.8 Å². The molecule has 1 aromatic carbocycles. The van der Waals surface area contributed by atoms with E-state index in [0.717, 1.165) is 0 Å². The van der Waals surface area contributed by atoms with Gasteiger partial charge in [-0.15, -0.1) is 11.8 Å². The summed E-state index contributed by atoms with van der Waals surface area (Å²) in [6, 6.07) is 6.72. The van der Waals surface area contributed by atoms with Crippen molar-refractivity contribution in [1.29, 1.82) is 0 Å². The van der Waals surface area contributed by atoms with E-state index in [4.69, 9.17) is 4.74 Å². The zero-order valence-electron chi connectivity index (χ0n) is 17.3. The Morgan fingerprint density at radius 2 is 1.81 bits per heavy atom. The summed E-state index contributed by atoms with van der Waals surface area (Å²) in [5.74, 6) is -0.919. The van der Waals surface area contributed by atoms with Gasteiger partial charge in [0.25, 0.3) is 11.5 Å². The second kappa shape index (κ2) is 10.9. The number of carbonyl (C=O) groups is 3. The highest BCUT2D eigenvalue weighted by atomic mass is 32.2. The Hall–Kier alpha value is -2.92. The van der Waals surface area contributed by atoms with E-state index in [1.54, 1.807) is 29.2 Å². The normalized spacial score (nSPS) is 13.8. The maximum absolute atomic E-state index is 12.6. The molecule has 0 atom stereocenters. The second-order valence-electron chi connectivity index (χ2n) is 6.91. The molecule has 3 rings (SSSR count). The van der Waals surface area contributed by atoms with Crippen molar-refractivity contribution in [1.82, 2.24) is 25.5 Å². The SMILES string of the molecule is CCCn1nc(C(=O)NNC(=O)CSCC(=O)N2CCOCC2)c2ccccc2c1=O. The largest absolute Gasteiger partial charge is 0.378 e. The molecule has 1 fully saturated rings. The summed E-state index contributed by atoms with van der Waals surface area (Å²) < 4.78 is 6.46. The Bertz CT molecular complexity index is 1020. The average molecular weight is 448 g/mol. The molecule has 11 heteroatoms. The summed E-state index contributed by atoms with van der Waals surface area (Å²) in [6.45, 7) is 4.45. The number of amides is 3. The van der Waals surface area contributed by atoms with Crippen LogP contribution >= 0.6 is 11.8 Å². The van der Waals surface area contributed by atoms with Gasteiger partial charge in [0.1, 0.15) is 0 Å². The number of ether oxygens (including phenoxy) is 1. The maximum atomic E-state index is 12.6. The molecule has 10 nitrogen and oxygen atoms in total. The number of hydrazine groups is 1. The van der Waals surface area contributed by atoms with Gasteiger partial charge in [-0.2, -0.15) is 5.10 Å². The summed E-state index contributed by atoms with van der Waals surface area (Å²) in [5, 5.41) is 4.98. The highest BCUT2D eigenvalue weighted by Crippen LogP contribution is 2.13. The van der Waals surface area contributed by atoms with Crippen LogP contribution in [0.1, 0.15) is 23.8 Å². The Kier molecular flexibility index (Phi) is 8.01. The van der Waals surface area contributed by atoms with Gasteiger partial charge in [0.15, 0.2) is 5.69 Å². The van der Waals surface area contributed by atoms with Gasteiger partial charge in [-0.25, -0.2) is 4.68 Å². The van der Waals surface area contributed by atoms with Gasteiger partial charge in [-0.3, -0.25) is 30.0 Å². The third-order valence-electron chi connectivity index (χ3n) is 4.66. The van der Waals surface area contributed by atoms with E-state index in [9.17, 15) is 19.2 Å². The zero-order valence-corrected chi connectivity index (χ0v) is 18.1. The first-order valence-corrected chi connectivity index (χ1v) is 11.2. The predicted octanol–water partition coefficient (Wildman–Crippen LogP) is 0.160. The lowest BCUT2D eigenvalue weighted by Crippen LogP contribution is -2.44. The van der Waals surface area contributed by atoms with Crippen LogP contribution < -0.4 is 16.4 Å². The van der Waals surface area contributed by atoms with Gasteiger partial charge in [0.05, 0.1) is 30.1 Å². The number of benzene rings is 1. The van der Waals surface area contributed by atoms with Crippen LogP contribution in [-0.4, -0.2) is 70.2 Å². The molecule has 1 aromatic heterocycles. The highest BCUT2D eigenvalue weighted by Gasteiger charge is 2.19. The monoisotopic (exact) mass is 447 g/mol. The molecule has 2 aromatic rings. The fourth-order valence-corrected chi connectivity index (χ4v) is 3.84. The molecule has 2 heterocycles. The molecule has 31 heavy (non-hydrogen) atoms. The molecule has 3 amide bonds. The number of aryl methyl sites for hydroxylation is 1. The van der Waals surface area contributed by atoms with Crippen molar-refractivity contribution < 1.29 is 19.1 Å². The molecule has 2 N–H and O–H groups in total. The van der Waals surface area contributed by atoms with E-state index >= 15 is 0 Å². The first-order chi connectivity index (χ1) is 15.0. The molecule has 1 aliphatic heterocycles. The molecule has 0 radical (unpaired) electrons. The Morgan fingerprint density at radius 1 is 1.10 bits per heavy atom. The van der Waals surface area contributed by atoms with Crippen molar-refractivity contribution in [3.05, 3.63) is 40.3 Å². The molecule has 1 aliphatic rings. The topological polar surface area (TPSA) is 123 Å². The number of rotatable bonds is 7. The number of morpholine rings is 1. The van der Waals surface area contributed by atoms with E-state index in [0.29, 0.717) is 50.0 Å². The van der Waals surface area contributed by atoms with Gasteiger partial charge in [-0.1, -0.05) is 25.1 Å². The van der Waals surface area contributed by atoms with E-state index in [2.05, 4.69) is 16.0 Å². The van der Waals surface area contributed by atoms with Crippen molar-refractivity contribution in [3.8, 4) is 0 Å². The van der Waals surface area contributed by atoms with Crippen molar-refractivity contribution >= 4 is 40.3 Å². The van der Waals surface area contributed by atoms with E-state index in [1.165, 1.54) is 16.4 Å². The number of nitrogens with one attached hydrogen (secondary N) is 2. The predicted molar refractivity (Wildman–Crippen MR) is 117 cm³/mol. The number of thioether (sulfide) groups is 1. The van der Waals surface area contributed by atoms with Gasteiger partial charge in [-0.05, 0) is 12.5 Å². The molecule has 1 saturated heterocycles. The number of fused-ring (bicyclic) bond motifs is 1. The van der Waals surface area contributed by atoms with Crippen LogP contribution in [0.15, 0.2) is 29.1 Å².